The molecule has 102 valence electrons. The van der Waals surface area contributed by atoms with Crippen LogP contribution in [0.2, 0.25) is 0 Å². The molecular weight excluding hydrogens is 254 g/mol. The zero-order valence-electron chi connectivity index (χ0n) is 11.3. The smallest absolute Gasteiger partial charge is 0.133 e. The van der Waals surface area contributed by atoms with Gasteiger partial charge in [0, 0.05) is 11.4 Å². The Morgan fingerprint density at radius 2 is 2.00 bits per heavy atom. The number of rotatable bonds is 0. The number of anilines is 1. The molecule has 1 saturated heterocycles. The molecule has 0 radical (unpaired) electrons. The van der Waals surface area contributed by atoms with Gasteiger partial charge in [0.1, 0.15) is 17.0 Å². The molecule has 4 heteroatoms. The Bertz CT molecular complexity index is 520. The summed E-state index contributed by atoms with van der Waals surface area (Å²) in [5, 5.41) is 13.7. The molecular formula is C15H21N3S. The van der Waals surface area contributed by atoms with Gasteiger partial charge in [0.05, 0.1) is 5.56 Å². The lowest BCUT2D eigenvalue weighted by molar-refractivity contribution is 0.338. The van der Waals surface area contributed by atoms with Gasteiger partial charge in [-0.15, -0.1) is 11.3 Å². The predicted molar refractivity (Wildman–Crippen MR) is 80.4 cm³/mol. The lowest BCUT2D eigenvalue weighted by Gasteiger charge is -2.37. The Labute approximate surface area is 118 Å². The molecule has 0 amide bonds. The van der Waals surface area contributed by atoms with Crippen molar-refractivity contribution in [1.82, 2.24) is 4.90 Å². The van der Waals surface area contributed by atoms with Crippen molar-refractivity contribution in [2.45, 2.75) is 57.5 Å². The molecule has 0 bridgehead atoms. The summed E-state index contributed by atoms with van der Waals surface area (Å²) < 4.78 is 0. The fourth-order valence-electron chi connectivity index (χ4n) is 3.74. The summed E-state index contributed by atoms with van der Waals surface area (Å²) in [5.41, 5.74) is 2.74. The Morgan fingerprint density at radius 1 is 1.11 bits per heavy atom. The van der Waals surface area contributed by atoms with Crippen LogP contribution in [-0.2, 0) is 12.8 Å². The van der Waals surface area contributed by atoms with Crippen LogP contribution in [0.15, 0.2) is 0 Å². The van der Waals surface area contributed by atoms with Crippen LogP contribution in [0.25, 0.3) is 0 Å². The summed E-state index contributed by atoms with van der Waals surface area (Å²) in [7, 11) is 0. The molecule has 2 N–H and O–H groups in total. The average molecular weight is 275 g/mol. The van der Waals surface area contributed by atoms with E-state index in [-0.39, 0.29) is 0 Å². The number of nitrogens with zero attached hydrogens (tertiary/aromatic N) is 1. The first-order valence-electron chi connectivity index (χ1n) is 7.61. The van der Waals surface area contributed by atoms with Crippen molar-refractivity contribution < 1.29 is 0 Å². The van der Waals surface area contributed by atoms with E-state index in [2.05, 4.69) is 10.2 Å². The van der Waals surface area contributed by atoms with Gasteiger partial charge in [-0.3, -0.25) is 5.41 Å². The molecule has 3 heterocycles. The van der Waals surface area contributed by atoms with E-state index < -0.39 is 0 Å². The van der Waals surface area contributed by atoms with Crippen molar-refractivity contribution in [2.24, 2.45) is 0 Å². The highest BCUT2D eigenvalue weighted by Crippen LogP contribution is 2.42. The molecule has 3 nitrogen and oxygen atoms in total. The number of nitrogens with one attached hydrogen (secondary N) is 2. The van der Waals surface area contributed by atoms with E-state index in [0.717, 1.165) is 12.4 Å². The van der Waals surface area contributed by atoms with Gasteiger partial charge in [0.25, 0.3) is 0 Å². The Morgan fingerprint density at radius 3 is 2.95 bits per heavy atom. The van der Waals surface area contributed by atoms with Crippen LogP contribution >= 0.6 is 11.3 Å². The lowest BCUT2D eigenvalue weighted by atomic mass is 9.94. The first-order valence-corrected chi connectivity index (χ1v) is 8.43. The monoisotopic (exact) mass is 275 g/mol. The van der Waals surface area contributed by atoms with Crippen LogP contribution in [0.3, 0.4) is 0 Å². The van der Waals surface area contributed by atoms with Crippen molar-refractivity contribution in [3.63, 3.8) is 0 Å². The van der Waals surface area contributed by atoms with E-state index >= 15 is 0 Å². The van der Waals surface area contributed by atoms with E-state index in [0.29, 0.717) is 6.17 Å². The van der Waals surface area contributed by atoms with Gasteiger partial charge in [-0.2, -0.15) is 0 Å². The molecule has 0 spiro atoms. The van der Waals surface area contributed by atoms with E-state index in [1.165, 1.54) is 67.5 Å². The van der Waals surface area contributed by atoms with Gasteiger partial charge in [-0.1, -0.05) is 6.42 Å². The number of fused-ring (bicyclic) bond motifs is 4. The summed E-state index contributed by atoms with van der Waals surface area (Å²) in [6.07, 6.45) is 10.4. The van der Waals surface area contributed by atoms with Gasteiger partial charge in [0.15, 0.2) is 0 Å². The van der Waals surface area contributed by atoms with Crippen molar-refractivity contribution in [1.29, 1.82) is 5.41 Å². The molecule has 19 heavy (non-hydrogen) atoms. The molecule has 0 saturated carbocycles. The minimum Gasteiger partial charge on any atom is -0.356 e. The second kappa shape index (κ2) is 4.51. The Balaban J connectivity index is 1.77. The van der Waals surface area contributed by atoms with Crippen LogP contribution in [-0.4, -0.2) is 23.4 Å². The largest absolute Gasteiger partial charge is 0.356 e. The molecule has 4 rings (SSSR count). The SMILES string of the molecule is N=C1c2c(sc3c2CCCC3)N[C@H]2CCCCCN12. The number of hydrogen-bond acceptors (Lipinski definition) is 3. The summed E-state index contributed by atoms with van der Waals surface area (Å²) in [6.45, 7) is 1.06. The van der Waals surface area contributed by atoms with E-state index in [1.54, 1.807) is 4.88 Å². The molecule has 0 unspecified atom stereocenters. The highest BCUT2D eigenvalue weighted by molar-refractivity contribution is 7.16. The Kier molecular flexibility index (Phi) is 2.79. The normalized spacial score (nSPS) is 26.0. The van der Waals surface area contributed by atoms with Crippen LogP contribution in [0.1, 0.15) is 54.5 Å². The molecule has 2 aliphatic heterocycles. The van der Waals surface area contributed by atoms with Gasteiger partial charge in [0.2, 0.25) is 0 Å². The van der Waals surface area contributed by atoms with Crippen molar-refractivity contribution >= 4 is 22.2 Å². The molecule has 1 atom stereocenters. The molecule has 1 aromatic heterocycles. The van der Waals surface area contributed by atoms with E-state index in [4.69, 9.17) is 5.41 Å². The maximum Gasteiger partial charge on any atom is 0.133 e. The van der Waals surface area contributed by atoms with E-state index in [9.17, 15) is 0 Å². The molecule has 0 aromatic carbocycles. The average Bonchev–Trinajstić information content (AvgIpc) is 2.62. The van der Waals surface area contributed by atoms with Crippen LogP contribution in [0, 0.1) is 5.41 Å². The number of amidine groups is 1. The van der Waals surface area contributed by atoms with Crippen LogP contribution in [0.5, 0.6) is 0 Å². The summed E-state index contributed by atoms with van der Waals surface area (Å²) >= 11 is 1.93. The molecule has 3 aliphatic rings. The standard InChI is InChI=1S/C15H21N3S/c16-14-13-10-6-3-4-7-11(10)19-15(13)17-12-8-2-1-5-9-18(12)14/h12,16-17H,1-9H2/t12-/m1/s1. The number of thiophene rings is 1. The zero-order valence-corrected chi connectivity index (χ0v) is 12.1. The Hall–Kier alpha value is -1.03. The minimum absolute atomic E-state index is 0.377. The van der Waals surface area contributed by atoms with Crippen molar-refractivity contribution in [2.75, 3.05) is 11.9 Å². The first-order chi connectivity index (χ1) is 9.34. The summed E-state index contributed by atoms with van der Waals surface area (Å²) in [4.78, 5) is 3.86. The van der Waals surface area contributed by atoms with Gasteiger partial charge in [-0.05, 0) is 50.5 Å². The predicted octanol–water partition coefficient (Wildman–Crippen LogP) is 3.58. The van der Waals surface area contributed by atoms with Crippen LogP contribution in [0.4, 0.5) is 5.00 Å². The second-order valence-electron chi connectivity index (χ2n) is 5.97. The van der Waals surface area contributed by atoms with Gasteiger partial charge in [-0.25, -0.2) is 0 Å². The van der Waals surface area contributed by atoms with Crippen molar-refractivity contribution in [3.8, 4) is 0 Å². The summed E-state index contributed by atoms with van der Waals surface area (Å²) in [6, 6.07) is 0. The number of hydrogen-bond donors (Lipinski definition) is 2. The third kappa shape index (κ3) is 1.80. The molecule has 1 fully saturated rings. The van der Waals surface area contributed by atoms with Crippen molar-refractivity contribution in [3.05, 3.63) is 16.0 Å². The zero-order chi connectivity index (χ0) is 12.8. The second-order valence-corrected chi connectivity index (χ2v) is 7.07. The quantitative estimate of drug-likeness (QED) is 0.759. The lowest BCUT2D eigenvalue weighted by Crippen LogP contribution is -2.48. The topological polar surface area (TPSA) is 39.1 Å². The maximum atomic E-state index is 8.64. The third-order valence-corrected chi connectivity index (χ3v) is 5.97. The molecule has 1 aliphatic carbocycles. The highest BCUT2D eigenvalue weighted by Gasteiger charge is 2.34. The summed E-state index contributed by atoms with van der Waals surface area (Å²) in [5.74, 6) is 0.806. The van der Waals surface area contributed by atoms with E-state index in [1.807, 2.05) is 11.3 Å². The van der Waals surface area contributed by atoms with Gasteiger partial charge >= 0.3 is 0 Å². The van der Waals surface area contributed by atoms with Gasteiger partial charge < -0.3 is 10.2 Å². The highest BCUT2D eigenvalue weighted by atomic mass is 32.1. The van der Waals surface area contributed by atoms with Crippen LogP contribution < -0.4 is 5.32 Å². The molecule has 1 aromatic rings. The third-order valence-electron chi connectivity index (χ3n) is 4.75. The maximum absolute atomic E-state index is 8.64. The fourth-order valence-corrected chi connectivity index (χ4v) is 5.08. The fraction of sp³-hybridized carbons (Fsp3) is 0.667. The first kappa shape index (κ1) is 11.8. The number of aryl methyl sites for hydroxylation is 1. The minimum atomic E-state index is 0.377.